The smallest absolute Gasteiger partial charge is 0.331 e. The Morgan fingerprint density at radius 2 is 0.366 bits per heavy atom. The number of rotatable bonds is 10. The predicted molar refractivity (Wildman–Crippen MR) is 67.6 cm³/mol. The van der Waals surface area contributed by atoms with Crippen LogP contribution in [-0.4, -0.2) is 82.5 Å². The van der Waals surface area contributed by atoms with Crippen molar-refractivity contribution in [1.82, 2.24) is 0 Å². The van der Waals surface area contributed by atoms with Crippen molar-refractivity contribution < 1.29 is 124 Å². The lowest BCUT2D eigenvalue weighted by Gasteiger charge is -2.46. The van der Waals surface area contributed by atoms with E-state index in [1.807, 2.05) is 0 Å². The van der Waals surface area contributed by atoms with Crippen molar-refractivity contribution in [3.05, 3.63) is 0 Å². The molecule has 0 heterocycles. The number of alkyl halides is 27. The van der Waals surface area contributed by atoms with E-state index >= 15 is 0 Å². The summed E-state index contributed by atoms with van der Waals surface area (Å²) in [5.74, 6) is -85.5. The number of hydrogen-bond acceptors (Lipinski definition) is 1. The molecule has 0 aliphatic rings. The average Bonchev–Trinajstić information content (AvgIpc) is 2.69. The van der Waals surface area contributed by atoms with Gasteiger partial charge in [-0.15, -0.1) is 0 Å². The highest BCUT2D eigenvalue weighted by Gasteiger charge is 3.01. The molecule has 1 N–H and O–H groups in total. The van der Waals surface area contributed by atoms with Crippen molar-refractivity contribution in [3.8, 4) is 0 Å². The molecule has 0 rings (SSSR count). The Labute approximate surface area is 202 Å². The van der Waals surface area contributed by atoms with Crippen LogP contribution in [0.1, 0.15) is 0 Å². The summed E-state index contributed by atoms with van der Waals surface area (Å²) in [4.78, 5) is 0. The summed E-state index contributed by atoms with van der Waals surface area (Å²) in [6.45, 7) is 0. The molecule has 0 unspecified atom stereocenters. The molecule has 0 aliphatic heterocycles. The Balaban J connectivity index is 7.55. The van der Waals surface area contributed by atoms with E-state index in [-0.39, 0.29) is 0 Å². The Morgan fingerprint density at radius 3 is 0.512 bits per heavy atom. The molecular formula is C13HF27O. The van der Waals surface area contributed by atoms with E-state index in [1.54, 1.807) is 0 Å². The SMILES string of the molecule is OC(F)(F)C(F)(F)C(F)(F)C(F)(F)C(F)(F)C(F)(F)C(F)(F)C(F)(F)C(F)(F)C(F)(F)C(F)(C(F)(F)F)C(F)(F)F. The molecule has 0 bridgehead atoms. The summed E-state index contributed by atoms with van der Waals surface area (Å²) in [5, 5.41) is 7.41. The number of halogens is 27. The zero-order valence-corrected chi connectivity index (χ0v) is 17.2. The Hall–Kier alpha value is -1.93. The highest BCUT2D eigenvalue weighted by Crippen LogP contribution is 2.68. The minimum atomic E-state index is -9.84. The zero-order chi connectivity index (χ0) is 34.5. The van der Waals surface area contributed by atoms with Gasteiger partial charge in [0.2, 0.25) is 0 Å². The van der Waals surface area contributed by atoms with E-state index < -0.39 is 77.4 Å². The third-order valence-corrected chi connectivity index (χ3v) is 4.75. The normalized spacial score (nSPS) is 17.3. The molecule has 1 nitrogen and oxygen atoms in total. The fraction of sp³-hybridized carbons (Fsp3) is 1.00. The van der Waals surface area contributed by atoms with E-state index in [4.69, 9.17) is 5.11 Å². The van der Waals surface area contributed by atoms with Crippen molar-refractivity contribution in [1.29, 1.82) is 0 Å². The second-order valence-electron chi connectivity index (χ2n) is 7.36. The first kappa shape index (κ1) is 39.1. The van der Waals surface area contributed by atoms with Crippen LogP contribution >= 0.6 is 0 Å². The maximum atomic E-state index is 13.5. The molecule has 0 saturated heterocycles. The average molecular weight is 686 g/mol. The third kappa shape index (κ3) is 4.40. The lowest BCUT2D eigenvalue weighted by Crippen LogP contribution is -2.79. The van der Waals surface area contributed by atoms with Crippen molar-refractivity contribution in [3.63, 3.8) is 0 Å². The van der Waals surface area contributed by atoms with Crippen molar-refractivity contribution in [2.45, 2.75) is 77.4 Å². The Morgan fingerprint density at radius 1 is 0.220 bits per heavy atom. The summed E-state index contributed by atoms with van der Waals surface area (Å²) in [6, 6.07) is 0. The van der Waals surface area contributed by atoms with Gasteiger partial charge in [0, 0.05) is 0 Å². The van der Waals surface area contributed by atoms with Gasteiger partial charge in [-0.1, -0.05) is 0 Å². The molecule has 0 spiro atoms. The highest BCUT2D eigenvalue weighted by atomic mass is 19.4. The first-order valence-electron chi connectivity index (χ1n) is 8.33. The van der Waals surface area contributed by atoms with Gasteiger partial charge in [-0.25, -0.2) is 4.39 Å². The minimum Gasteiger partial charge on any atom is -0.331 e. The second-order valence-corrected chi connectivity index (χ2v) is 7.36. The molecule has 0 atom stereocenters. The maximum absolute atomic E-state index is 13.5. The van der Waals surface area contributed by atoms with E-state index in [9.17, 15) is 119 Å². The molecule has 0 saturated carbocycles. The summed E-state index contributed by atoms with van der Waals surface area (Å²) >= 11 is 0. The van der Waals surface area contributed by atoms with Crippen molar-refractivity contribution in [2.24, 2.45) is 0 Å². The predicted octanol–water partition coefficient (Wildman–Crippen LogP) is 8.12. The third-order valence-electron chi connectivity index (χ3n) is 4.75. The summed E-state index contributed by atoms with van der Waals surface area (Å²) in [6.07, 6.45) is -25.1. The molecule has 28 heteroatoms. The van der Waals surface area contributed by atoms with Crippen LogP contribution in [0.25, 0.3) is 0 Å². The monoisotopic (exact) mass is 686 g/mol. The zero-order valence-electron chi connectivity index (χ0n) is 17.2. The molecule has 0 aromatic rings. The van der Waals surface area contributed by atoms with Gasteiger partial charge in [0.05, 0.1) is 0 Å². The van der Waals surface area contributed by atoms with Crippen LogP contribution in [0.3, 0.4) is 0 Å². The van der Waals surface area contributed by atoms with Gasteiger partial charge in [0.1, 0.15) is 0 Å². The van der Waals surface area contributed by atoms with Gasteiger partial charge in [-0.05, 0) is 0 Å². The minimum absolute atomic E-state index is 7.41. The summed E-state index contributed by atoms with van der Waals surface area (Å²) in [7, 11) is 0. The maximum Gasteiger partial charge on any atom is 0.438 e. The lowest BCUT2D eigenvalue weighted by atomic mass is 9.82. The van der Waals surface area contributed by atoms with E-state index in [0.717, 1.165) is 0 Å². The largest absolute Gasteiger partial charge is 0.438 e. The van der Waals surface area contributed by atoms with Gasteiger partial charge < -0.3 is 5.11 Å². The molecule has 0 amide bonds. The summed E-state index contributed by atoms with van der Waals surface area (Å²) in [5.41, 5.74) is -9.22. The molecule has 0 aromatic heterocycles. The quantitative estimate of drug-likeness (QED) is 0.231. The molecule has 0 aromatic carbocycles. The molecular weight excluding hydrogens is 685 g/mol. The molecule has 41 heavy (non-hydrogen) atoms. The molecule has 0 aliphatic carbocycles. The standard InChI is InChI=1S/C13HF27O/c14-1(11(33,34)35,12(36,37)38)2(15,16)3(17,18)4(19,20)5(21,22)6(23,24)7(25,26)8(27,28)9(29,30)10(31,32)13(39,40)41/h41H. The van der Waals surface area contributed by atoms with Crippen LogP contribution in [0, 0.1) is 0 Å². The van der Waals surface area contributed by atoms with Crippen LogP contribution < -0.4 is 0 Å². The van der Waals surface area contributed by atoms with Gasteiger partial charge in [0.25, 0.3) is 0 Å². The van der Waals surface area contributed by atoms with E-state index in [0.29, 0.717) is 0 Å². The number of aliphatic hydroxyl groups is 1. The van der Waals surface area contributed by atoms with Gasteiger partial charge in [-0.2, -0.15) is 114 Å². The fourth-order valence-corrected chi connectivity index (χ4v) is 2.30. The Kier molecular flexibility index (Phi) is 8.62. The Bertz CT molecular complexity index is 943. The highest BCUT2D eigenvalue weighted by molar-refractivity contribution is 5.21. The van der Waals surface area contributed by atoms with Gasteiger partial charge in [-0.3, -0.25) is 0 Å². The topological polar surface area (TPSA) is 20.2 Å². The van der Waals surface area contributed by atoms with E-state index in [1.165, 1.54) is 0 Å². The van der Waals surface area contributed by atoms with Crippen LogP contribution in [-0.2, 0) is 0 Å². The van der Waals surface area contributed by atoms with Crippen LogP contribution in [0.4, 0.5) is 119 Å². The van der Waals surface area contributed by atoms with Gasteiger partial charge in [0.15, 0.2) is 0 Å². The van der Waals surface area contributed by atoms with Crippen molar-refractivity contribution in [2.75, 3.05) is 0 Å². The molecule has 0 radical (unpaired) electrons. The molecule has 248 valence electrons. The van der Waals surface area contributed by atoms with Crippen LogP contribution in [0.2, 0.25) is 0 Å². The van der Waals surface area contributed by atoms with Gasteiger partial charge >= 0.3 is 77.4 Å². The molecule has 0 fully saturated rings. The fourth-order valence-electron chi connectivity index (χ4n) is 2.30. The first-order chi connectivity index (χ1) is 17.0. The van der Waals surface area contributed by atoms with Crippen molar-refractivity contribution >= 4 is 0 Å². The lowest BCUT2D eigenvalue weighted by molar-refractivity contribution is -0.491. The summed E-state index contributed by atoms with van der Waals surface area (Å²) < 4.78 is 351. The van der Waals surface area contributed by atoms with E-state index in [2.05, 4.69) is 0 Å². The first-order valence-corrected chi connectivity index (χ1v) is 8.33. The second kappa shape index (κ2) is 9.04. The van der Waals surface area contributed by atoms with Crippen LogP contribution in [0.15, 0.2) is 0 Å². The number of hydrogen-bond donors (Lipinski definition) is 1. The van der Waals surface area contributed by atoms with Crippen LogP contribution in [0.5, 0.6) is 0 Å².